The molecule has 0 saturated carbocycles. The van der Waals surface area contributed by atoms with E-state index in [-0.39, 0.29) is 5.82 Å². The van der Waals surface area contributed by atoms with Crippen molar-refractivity contribution in [3.05, 3.63) is 65.7 Å². The number of ether oxygens (including phenoxy) is 1. The van der Waals surface area contributed by atoms with E-state index < -0.39 is 11.7 Å². The minimum Gasteiger partial charge on any atom is -0.444 e. The van der Waals surface area contributed by atoms with Gasteiger partial charge in [-0.15, -0.1) is 0 Å². The van der Waals surface area contributed by atoms with Crippen molar-refractivity contribution in [2.75, 3.05) is 6.54 Å². The highest BCUT2D eigenvalue weighted by atomic mass is 19.1. The van der Waals surface area contributed by atoms with Gasteiger partial charge < -0.3 is 14.6 Å². The maximum Gasteiger partial charge on any atom is 0.407 e. The lowest BCUT2D eigenvalue weighted by atomic mass is 10.2. The molecule has 3 rings (SSSR count). The highest BCUT2D eigenvalue weighted by Crippen LogP contribution is 2.18. The summed E-state index contributed by atoms with van der Waals surface area (Å²) in [5.41, 5.74) is 2.36. The summed E-state index contributed by atoms with van der Waals surface area (Å²) in [4.78, 5) is 16.5. The van der Waals surface area contributed by atoms with Crippen LogP contribution in [0.2, 0.25) is 0 Å². The second kappa shape index (κ2) is 7.78. The number of halogens is 1. The van der Waals surface area contributed by atoms with E-state index in [0.717, 1.165) is 22.4 Å². The highest BCUT2D eigenvalue weighted by Gasteiger charge is 2.16. The second-order valence-electron chi connectivity index (χ2n) is 7.41. The number of hydrogen-bond acceptors (Lipinski definition) is 3. The second-order valence-corrected chi connectivity index (χ2v) is 7.41. The topological polar surface area (TPSA) is 56.1 Å². The van der Waals surface area contributed by atoms with E-state index >= 15 is 0 Å². The van der Waals surface area contributed by atoms with Crippen LogP contribution in [-0.4, -0.2) is 27.8 Å². The molecule has 0 bridgehead atoms. The van der Waals surface area contributed by atoms with E-state index in [9.17, 15) is 9.18 Å². The van der Waals surface area contributed by atoms with Gasteiger partial charge in [-0.3, -0.25) is 0 Å². The Labute approximate surface area is 158 Å². The number of fused-ring (bicyclic) bond motifs is 1. The molecule has 0 fully saturated rings. The van der Waals surface area contributed by atoms with Gasteiger partial charge in [0, 0.05) is 19.5 Å². The van der Waals surface area contributed by atoms with Crippen LogP contribution in [0, 0.1) is 5.82 Å². The van der Waals surface area contributed by atoms with Crippen LogP contribution in [0.3, 0.4) is 0 Å². The molecule has 1 heterocycles. The molecule has 27 heavy (non-hydrogen) atoms. The zero-order valence-corrected chi connectivity index (χ0v) is 15.8. The molecule has 1 aromatic heterocycles. The summed E-state index contributed by atoms with van der Waals surface area (Å²) < 4.78 is 20.5. The van der Waals surface area contributed by atoms with Gasteiger partial charge >= 0.3 is 6.09 Å². The van der Waals surface area contributed by atoms with E-state index in [1.165, 1.54) is 12.1 Å². The third-order valence-corrected chi connectivity index (χ3v) is 4.00. The number of benzene rings is 2. The first-order valence-electron chi connectivity index (χ1n) is 8.97. The first-order chi connectivity index (χ1) is 12.8. The van der Waals surface area contributed by atoms with Gasteiger partial charge in [0.2, 0.25) is 0 Å². The predicted octanol–water partition coefficient (Wildman–Crippen LogP) is 4.29. The van der Waals surface area contributed by atoms with E-state index in [2.05, 4.69) is 9.88 Å². The standard InChI is InChI=1S/C21H24FN3O2/c1-21(2,3)27-20(26)23-13-12-19-24-17-6-4-5-7-18(17)25(19)14-15-8-10-16(22)11-9-15/h4-11H,12-14H2,1-3H3,(H,23,26). The Bertz CT molecular complexity index is 927. The number of amides is 1. The van der Waals surface area contributed by atoms with Gasteiger partial charge in [0.25, 0.3) is 0 Å². The Morgan fingerprint density at radius 1 is 1.15 bits per heavy atom. The number of nitrogens with one attached hydrogen (secondary N) is 1. The number of carbonyl (C=O) groups excluding carboxylic acids is 1. The molecular formula is C21H24FN3O2. The van der Waals surface area contributed by atoms with Gasteiger partial charge in [-0.2, -0.15) is 0 Å². The maximum atomic E-state index is 13.2. The van der Waals surface area contributed by atoms with Crippen molar-refractivity contribution in [3.8, 4) is 0 Å². The number of rotatable bonds is 5. The molecule has 1 N–H and O–H groups in total. The number of alkyl carbamates (subject to hydrolysis) is 1. The molecular weight excluding hydrogens is 345 g/mol. The number of hydrogen-bond donors (Lipinski definition) is 1. The Balaban J connectivity index is 1.76. The van der Waals surface area contributed by atoms with Crippen molar-refractivity contribution in [1.82, 2.24) is 14.9 Å². The minimum absolute atomic E-state index is 0.254. The van der Waals surface area contributed by atoms with Crippen molar-refractivity contribution in [1.29, 1.82) is 0 Å². The molecule has 0 aliphatic heterocycles. The Morgan fingerprint density at radius 3 is 2.56 bits per heavy atom. The van der Waals surface area contributed by atoms with Crippen molar-refractivity contribution < 1.29 is 13.9 Å². The monoisotopic (exact) mass is 369 g/mol. The average Bonchev–Trinajstić information content (AvgIpc) is 2.93. The van der Waals surface area contributed by atoms with E-state index in [4.69, 9.17) is 9.72 Å². The normalized spacial score (nSPS) is 11.6. The van der Waals surface area contributed by atoms with Crippen LogP contribution in [0.25, 0.3) is 11.0 Å². The van der Waals surface area contributed by atoms with Crippen LogP contribution in [0.5, 0.6) is 0 Å². The molecule has 3 aromatic rings. The van der Waals surface area contributed by atoms with E-state index in [0.29, 0.717) is 19.5 Å². The van der Waals surface area contributed by atoms with Gasteiger partial charge in [0.1, 0.15) is 17.2 Å². The molecule has 0 unspecified atom stereocenters. The SMILES string of the molecule is CC(C)(C)OC(=O)NCCc1nc2ccccc2n1Cc1ccc(F)cc1. The van der Waals surface area contributed by atoms with Gasteiger partial charge in [-0.1, -0.05) is 24.3 Å². The zero-order chi connectivity index (χ0) is 19.4. The third kappa shape index (κ3) is 5.06. The van der Waals surface area contributed by atoms with Crippen LogP contribution >= 0.6 is 0 Å². The molecule has 0 aliphatic rings. The Hall–Kier alpha value is -2.89. The smallest absolute Gasteiger partial charge is 0.407 e. The summed E-state index contributed by atoms with van der Waals surface area (Å²) in [5.74, 6) is 0.604. The van der Waals surface area contributed by atoms with Crippen molar-refractivity contribution in [2.24, 2.45) is 0 Å². The third-order valence-electron chi connectivity index (χ3n) is 4.00. The van der Waals surface area contributed by atoms with Crippen LogP contribution < -0.4 is 5.32 Å². The molecule has 2 aromatic carbocycles. The van der Waals surface area contributed by atoms with Gasteiger partial charge in [0.15, 0.2) is 0 Å². The summed E-state index contributed by atoms with van der Waals surface area (Å²) in [6.45, 7) is 6.49. The van der Waals surface area contributed by atoms with Crippen molar-refractivity contribution in [3.63, 3.8) is 0 Å². The molecule has 0 radical (unpaired) electrons. The Morgan fingerprint density at radius 2 is 1.85 bits per heavy atom. The lowest BCUT2D eigenvalue weighted by molar-refractivity contribution is 0.0528. The number of imidazole rings is 1. The summed E-state index contributed by atoms with van der Waals surface area (Å²) in [7, 11) is 0. The summed E-state index contributed by atoms with van der Waals surface area (Å²) in [6, 6.07) is 14.3. The largest absolute Gasteiger partial charge is 0.444 e. The lowest BCUT2D eigenvalue weighted by Gasteiger charge is -2.19. The Kier molecular flexibility index (Phi) is 5.44. The number of para-hydroxylation sites is 2. The molecule has 5 nitrogen and oxygen atoms in total. The van der Waals surface area contributed by atoms with Gasteiger partial charge in [0.05, 0.1) is 11.0 Å². The summed E-state index contributed by atoms with van der Waals surface area (Å²) in [6.07, 6.45) is 0.124. The van der Waals surface area contributed by atoms with Crippen molar-refractivity contribution in [2.45, 2.75) is 39.3 Å². The molecule has 6 heteroatoms. The molecule has 0 saturated heterocycles. The first kappa shape index (κ1) is 18.9. The van der Waals surface area contributed by atoms with E-state index in [1.807, 2.05) is 45.0 Å². The van der Waals surface area contributed by atoms with Crippen LogP contribution in [-0.2, 0) is 17.7 Å². The van der Waals surface area contributed by atoms with E-state index in [1.54, 1.807) is 12.1 Å². The number of nitrogens with zero attached hydrogens (tertiary/aromatic N) is 2. The number of aromatic nitrogens is 2. The fraction of sp³-hybridized carbons (Fsp3) is 0.333. The maximum absolute atomic E-state index is 13.2. The fourth-order valence-corrected chi connectivity index (χ4v) is 2.86. The van der Waals surface area contributed by atoms with Crippen molar-refractivity contribution >= 4 is 17.1 Å². The van der Waals surface area contributed by atoms with Crippen LogP contribution in [0.1, 0.15) is 32.2 Å². The summed E-state index contributed by atoms with van der Waals surface area (Å²) >= 11 is 0. The average molecular weight is 369 g/mol. The quantitative estimate of drug-likeness (QED) is 0.730. The lowest BCUT2D eigenvalue weighted by Crippen LogP contribution is -2.33. The molecule has 0 atom stereocenters. The van der Waals surface area contributed by atoms with Gasteiger partial charge in [-0.25, -0.2) is 14.2 Å². The van der Waals surface area contributed by atoms with Crippen LogP contribution in [0.15, 0.2) is 48.5 Å². The van der Waals surface area contributed by atoms with Crippen LogP contribution in [0.4, 0.5) is 9.18 Å². The summed E-state index contributed by atoms with van der Waals surface area (Å²) in [5, 5.41) is 2.77. The predicted molar refractivity (Wildman–Crippen MR) is 103 cm³/mol. The molecule has 0 aliphatic carbocycles. The minimum atomic E-state index is -0.528. The molecule has 1 amide bonds. The number of carbonyl (C=O) groups is 1. The first-order valence-corrected chi connectivity index (χ1v) is 8.97. The molecule has 142 valence electrons. The fourth-order valence-electron chi connectivity index (χ4n) is 2.86. The molecule has 0 spiro atoms. The zero-order valence-electron chi connectivity index (χ0n) is 15.8. The van der Waals surface area contributed by atoms with Gasteiger partial charge in [-0.05, 0) is 50.6 Å². The highest BCUT2D eigenvalue weighted by molar-refractivity contribution is 5.76.